The van der Waals surface area contributed by atoms with Gasteiger partial charge in [-0.05, 0) is 82.7 Å². The Labute approximate surface area is 311 Å². The number of aryl methyl sites for hydroxylation is 1. The first-order chi connectivity index (χ1) is 24.8. The van der Waals surface area contributed by atoms with E-state index in [0.29, 0.717) is 5.69 Å². The average Bonchev–Trinajstić information content (AvgIpc) is 3.95. The normalized spacial score (nSPS) is 12.5. The van der Waals surface area contributed by atoms with Crippen molar-refractivity contribution in [2.45, 2.75) is 38.8 Å². The molecule has 6 nitrogen and oxygen atoms in total. The summed E-state index contributed by atoms with van der Waals surface area (Å²) >= 11 is 14.6. The van der Waals surface area contributed by atoms with Gasteiger partial charge in [0.2, 0.25) is 0 Å². The van der Waals surface area contributed by atoms with Gasteiger partial charge in [0.05, 0.1) is 0 Å². The molecule has 2 aromatic heterocycles. The number of fused-ring (bicyclic) bond motifs is 2. The van der Waals surface area contributed by atoms with E-state index in [1.54, 1.807) is 0 Å². The molecule has 0 N–H and O–H groups in total. The summed E-state index contributed by atoms with van der Waals surface area (Å²) in [6.07, 6.45) is 6.64. The highest BCUT2D eigenvalue weighted by Crippen LogP contribution is 2.43. The van der Waals surface area contributed by atoms with E-state index < -0.39 is 21.5 Å². The summed E-state index contributed by atoms with van der Waals surface area (Å²) < 4.78 is 4.41. The Hall–Kier alpha value is -5.01. The molecule has 0 bridgehead atoms. The van der Waals surface area contributed by atoms with E-state index in [1.807, 2.05) is 65.2 Å². The smallest absolute Gasteiger partial charge is 0.304 e. The monoisotopic (exact) mass is 734 g/mol. The van der Waals surface area contributed by atoms with Gasteiger partial charge in [-0.15, -0.1) is 0 Å². The number of rotatable bonds is 7. The van der Waals surface area contributed by atoms with Crippen LogP contribution < -0.4 is 0 Å². The maximum atomic E-state index is 12.6. The topological polar surface area (TPSA) is 78.1 Å². The lowest BCUT2D eigenvalue weighted by atomic mass is 9.93. The van der Waals surface area contributed by atoms with Crippen molar-refractivity contribution in [2.24, 2.45) is 0 Å². The largest absolute Gasteiger partial charge is 0.350 e. The molecule has 0 saturated carbocycles. The Morgan fingerprint density at radius 1 is 0.471 bits per heavy atom. The summed E-state index contributed by atoms with van der Waals surface area (Å²) in [4.78, 5) is 43.2. The van der Waals surface area contributed by atoms with Crippen LogP contribution in [0.1, 0.15) is 34.7 Å². The third-order valence-corrected chi connectivity index (χ3v) is 9.60. The number of ketones is 1. The molecular formula is C42H33Cl3N2O4. The van der Waals surface area contributed by atoms with Gasteiger partial charge in [0.1, 0.15) is 5.69 Å². The molecule has 0 unspecified atom stereocenters. The second kappa shape index (κ2) is 16.3. The summed E-state index contributed by atoms with van der Waals surface area (Å²) in [7, 11) is 0. The Morgan fingerprint density at radius 2 is 0.902 bits per heavy atom. The number of carbonyl (C=O) groups excluding carboxylic acids is 4. The molecule has 4 heterocycles. The number of hydrogen-bond acceptors (Lipinski definition) is 4. The molecule has 256 valence electrons. The second-order valence-electron chi connectivity index (χ2n) is 12.1. The number of Topliss-reactive ketones (excluding diaryl/α,β-unsaturated/α-hetero) is 1. The van der Waals surface area contributed by atoms with Crippen molar-refractivity contribution in [1.29, 1.82) is 0 Å². The Kier molecular flexibility index (Phi) is 11.5. The van der Waals surface area contributed by atoms with Gasteiger partial charge in [-0.25, -0.2) is 0 Å². The summed E-state index contributed by atoms with van der Waals surface area (Å²) in [6, 6.07) is 41.3. The van der Waals surface area contributed by atoms with Crippen LogP contribution in [0.25, 0.3) is 44.5 Å². The minimum absolute atomic E-state index is 0.414. The van der Waals surface area contributed by atoms with E-state index in [-0.39, 0.29) is 0 Å². The average molecular weight is 736 g/mol. The molecule has 2 aliphatic rings. The number of aromatic nitrogens is 2. The lowest BCUT2D eigenvalue weighted by molar-refractivity contribution is -0.127. The first-order valence-corrected chi connectivity index (χ1v) is 17.7. The van der Waals surface area contributed by atoms with Crippen LogP contribution in [0, 0.1) is 0 Å². The minimum atomic E-state index is -1.14. The van der Waals surface area contributed by atoms with E-state index in [2.05, 4.69) is 94.6 Å². The minimum Gasteiger partial charge on any atom is -0.350 e. The lowest BCUT2D eigenvalue weighted by Crippen LogP contribution is -2.14. The van der Waals surface area contributed by atoms with Gasteiger partial charge >= 0.3 is 10.5 Å². The Morgan fingerprint density at radius 3 is 1.39 bits per heavy atom. The molecule has 0 amide bonds. The highest BCUT2D eigenvalue weighted by atomic mass is 35.5. The highest BCUT2D eigenvalue weighted by Gasteiger charge is 2.32. The molecule has 2 aliphatic heterocycles. The standard InChI is InChI=1S/C21H16ClNO2.C19H17N.C2Cl2O2/c22-21(25)20(24)19-18(15-10-5-2-6-11-15)17(14-8-3-1-4-9-14)16-12-7-13-23(16)19;1-3-8-15(9-4-1)17-14-20-13-7-12-18(20)19(17)16-10-5-2-6-11-16;3-1(5)2(4)6/h1-6,8-11H,7,12-13H2;1-6,8-11,14H,7,12-13H2;. The molecule has 0 saturated heterocycles. The summed E-state index contributed by atoms with van der Waals surface area (Å²) in [5.41, 5.74) is 12.3. The van der Waals surface area contributed by atoms with Crippen molar-refractivity contribution < 1.29 is 19.2 Å². The predicted octanol–water partition coefficient (Wildman–Crippen LogP) is 10.0. The van der Waals surface area contributed by atoms with Gasteiger partial charge in [0.15, 0.2) is 0 Å². The van der Waals surface area contributed by atoms with Gasteiger partial charge in [0.25, 0.3) is 11.0 Å². The maximum Gasteiger partial charge on any atom is 0.304 e. The zero-order valence-electron chi connectivity index (χ0n) is 27.5. The zero-order chi connectivity index (χ0) is 35.9. The zero-order valence-corrected chi connectivity index (χ0v) is 29.8. The van der Waals surface area contributed by atoms with Crippen molar-refractivity contribution in [3.05, 3.63) is 145 Å². The molecule has 0 spiro atoms. The second-order valence-corrected chi connectivity index (χ2v) is 13.1. The van der Waals surface area contributed by atoms with Gasteiger partial charge in [-0.3, -0.25) is 19.2 Å². The van der Waals surface area contributed by atoms with Crippen molar-refractivity contribution in [1.82, 2.24) is 9.13 Å². The number of halogens is 3. The maximum absolute atomic E-state index is 12.6. The first kappa shape index (κ1) is 35.8. The van der Waals surface area contributed by atoms with Crippen LogP contribution in [-0.2, 0) is 40.3 Å². The fourth-order valence-corrected chi connectivity index (χ4v) is 7.05. The fraction of sp³-hybridized carbons (Fsp3) is 0.143. The van der Waals surface area contributed by atoms with E-state index in [0.717, 1.165) is 53.9 Å². The molecule has 6 aromatic rings. The van der Waals surface area contributed by atoms with E-state index in [1.165, 1.54) is 40.8 Å². The summed E-state index contributed by atoms with van der Waals surface area (Å²) in [5.74, 6) is -0.633. The molecule has 9 heteroatoms. The Bertz CT molecular complexity index is 2180. The molecule has 8 rings (SSSR count). The van der Waals surface area contributed by atoms with Crippen molar-refractivity contribution in [3.8, 4) is 44.5 Å². The van der Waals surface area contributed by atoms with Gasteiger partial charge < -0.3 is 9.13 Å². The van der Waals surface area contributed by atoms with E-state index in [4.69, 9.17) is 11.6 Å². The van der Waals surface area contributed by atoms with Crippen molar-refractivity contribution in [3.63, 3.8) is 0 Å². The van der Waals surface area contributed by atoms with Crippen LogP contribution in [-0.4, -0.2) is 30.6 Å². The molecule has 0 aliphatic carbocycles. The number of carbonyl (C=O) groups is 4. The van der Waals surface area contributed by atoms with E-state index in [9.17, 15) is 19.2 Å². The lowest BCUT2D eigenvalue weighted by Gasteiger charge is -2.09. The summed E-state index contributed by atoms with van der Waals surface area (Å²) in [5, 5.41) is -3.22. The van der Waals surface area contributed by atoms with Crippen LogP contribution in [0.5, 0.6) is 0 Å². The van der Waals surface area contributed by atoms with Crippen LogP contribution in [0.4, 0.5) is 0 Å². The van der Waals surface area contributed by atoms with Crippen molar-refractivity contribution in [2.75, 3.05) is 0 Å². The predicted molar refractivity (Wildman–Crippen MR) is 204 cm³/mol. The molecular weight excluding hydrogens is 703 g/mol. The van der Waals surface area contributed by atoms with Crippen LogP contribution >= 0.6 is 34.8 Å². The number of hydrogen-bond donors (Lipinski definition) is 0. The molecule has 0 atom stereocenters. The van der Waals surface area contributed by atoms with Crippen LogP contribution in [0.15, 0.2) is 128 Å². The first-order valence-electron chi connectivity index (χ1n) is 16.6. The van der Waals surface area contributed by atoms with Crippen LogP contribution in [0.3, 0.4) is 0 Å². The molecule has 0 radical (unpaired) electrons. The Balaban J connectivity index is 0.000000154. The number of nitrogens with zero attached hydrogens (tertiary/aromatic N) is 2. The summed E-state index contributed by atoms with van der Waals surface area (Å²) in [6.45, 7) is 1.88. The third kappa shape index (κ3) is 7.84. The molecule has 51 heavy (non-hydrogen) atoms. The third-order valence-electron chi connectivity index (χ3n) is 8.99. The SMILES string of the molecule is O=C(Cl)C(=O)Cl.O=C(Cl)C(=O)c1c(-c2ccccc2)c(-c2ccccc2)c2n1CCC2.c1ccc(-c2cn3c(c2-c2ccccc2)CCC3)cc1. The van der Waals surface area contributed by atoms with Gasteiger partial charge in [0, 0.05) is 52.9 Å². The van der Waals surface area contributed by atoms with Crippen molar-refractivity contribution >= 4 is 56.3 Å². The molecule has 4 aromatic carbocycles. The number of benzene rings is 4. The van der Waals surface area contributed by atoms with E-state index >= 15 is 0 Å². The van der Waals surface area contributed by atoms with Gasteiger partial charge in [-0.1, -0.05) is 121 Å². The fourth-order valence-electron chi connectivity index (χ4n) is 6.96. The highest BCUT2D eigenvalue weighted by molar-refractivity contribution is 6.97. The van der Waals surface area contributed by atoms with Gasteiger partial charge in [-0.2, -0.15) is 0 Å². The van der Waals surface area contributed by atoms with Crippen LogP contribution in [0.2, 0.25) is 0 Å². The molecule has 0 fully saturated rings. The quantitative estimate of drug-likeness (QED) is 0.0929.